The first-order valence-electron chi connectivity index (χ1n) is 12.4. The second kappa shape index (κ2) is 15.5. The van der Waals surface area contributed by atoms with E-state index in [2.05, 4.69) is 22.3 Å². The van der Waals surface area contributed by atoms with Crippen molar-refractivity contribution in [2.24, 2.45) is 0 Å². The molecule has 0 saturated carbocycles. The summed E-state index contributed by atoms with van der Waals surface area (Å²) in [6, 6.07) is 15.9. The fourth-order valence-electron chi connectivity index (χ4n) is 4.38. The first kappa shape index (κ1) is 28.9. The summed E-state index contributed by atoms with van der Waals surface area (Å²) in [4.78, 5) is 17.5. The molecule has 0 aromatic heterocycles. The van der Waals surface area contributed by atoms with Crippen molar-refractivity contribution in [2.45, 2.75) is 24.9 Å². The Morgan fingerprint density at radius 2 is 1.86 bits per heavy atom. The second-order valence-corrected chi connectivity index (χ2v) is 9.82. The van der Waals surface area contributed by atoms with Gasteiger partial charge in [0.1, 0.15) is 0 Å². The number of hydrogen-bond acceptors (Lipinski definition) is 6. The third-order valence-corrected chi connectivity index (χ3v) is 7.11. The van der Waals surface area contributed by atoms with E-state index in [1.807, 2.05) is 36.2 Å². The van der Waals surface area contributed by atoms with Crippen LogP contribution in [0.2, 0.25) is 10.0 Å². The Labute approximate surface area is 224 Å². The molecule has 0 bridgehead atoms. The number of benzene rings is 2. The average molecular weight is 539 g/mol. The minimum absolute atomic E-state index is 0.0338. The molecule has 1 fully saturated rings. The number of hydrogen-bond donors (Lipinski definition) is 2. The molecule has 2 aromatic carbocycles. The molecular weight excluding hydrogens is 501 g/mol. The number of carbonyl (C=O) groups excluding carboxylic acids is 1. The maximum absolute atomic E-state index is 13.2. The van der Waals surface area contributed by atoms with Gasteiger partial charge in [0.2, 0.25) is 5.91 Å². The molecule has 2 atom stereocenters. The van der Waals surface area contributed by atoms with Crippen LogP contribution in [0.1, 0.15) is 23.6 Å². The van der Waals surface area contributed by atoms with Crippen molar-refractivity contribution in [2.75, 3.05) is 66.3 Å². The topological polar surface area (TPSA) is 74.3 Å². The highest BCUT2D eigenvalue weighted by molar-refractivity contribution is 6.42. The lowest BCUT2D eigenvalue weighted by Gasteiger charge is -2.32. The molecule has 7 nitrogen and oxygen atoms in total. The number of carbonyl (C=O) groups is 1. The zero-order valence-electron chi connectivity index (χ0n) is 20.9. The SMILES string of the molecule is CN(C(=O)Cc1ccc(Cl)c(Cl)c1)[C@H](CN1CC[C@H](NCCOCCOCCO)C1)c1ccccc1. The molecule has 2 N–H and O–H groups in total. The Balaban J connectivity index is 1.51. The maximum Gasteiger partial charge on any atom is 0.227 e. The fourth-order valence-corrected chi connectivity index (χ4v) is 4.70. The molecule has 3 rings (SSSR count). The maximum atomic E-state index is 13.2. The molecule has 36 heavy (non-hydrogen) atoms. The highest BCUT2D eigenvalue weighted by Crippen LogP contribution is 2.26. The van der Waals surface area contributed by atoms with Gasteiger partial charge in [-0.2, -0.15) is 0 Å². The summed E-state index contributed by atoms with van der Waals surface area (Å²) in [6.07, 6.45) is 1.33. The van der Waals surface area contributed by atoms with Gasteiger partial charge in [-0.05, 0) is 36.2 Å². The van der Waals surface area contributed by atoms with Gasteiger partial charge in [0.05, 0.1) is 55.5 Å². The largest absolute Gasteiger partial charge is 0.394 e. The van der Waals surface area contributed by atoms with Crippen molar-refractivity contribution in [1.82, 2.24) is 15.1 Å². The lowest BCUT2D eigenvalue weighted by molar-refractivity contribution is -0.131. The minimum atomic E-state index is -0.0533. The second-order valence-electron chi connectivity index (χ2n) is 9.00. The van der Waals surface area contributed by atoms with Crippen LogP contribution in [0.25, 0.3) is 0 Å². The number of likely N-dealkylation sites (tertiary alicyclic amines) is 1. The van der Waals surface area contributed by atoms with Gasteiger partial charge in [0, 0.05) is 32.7 Å². The Hall–Kier alpha value is -1.71. The quantitative estimate of drug-likeness (QED) is 0.339. The van der Waals surface area contributed by atoms with E-state index in [1.165, 1.54) is 0 Å². The Bertz CT molecular complexity index is 934. The summed E-state index contributed by atoms with van der Waals surface area (Å²) in [6.45, 7) is 5.48. The summed E-state index contributed by atoms with van der Waals surface area (Å²) in [5.41, 5.74) is 1.97. The summed E-state index contributed by atoms with van der Waals surface area (Å²) >= 11 is 12.2. The van der Waals surface area contributed by atoms with E-state index in [4.69, 9.17) is 37.8 Å². The van der Waals surface area contributed by atoms with Gasteiger partial charge in [-0.25, -0.2) is 0 Å². The molecule has 1 aliphatic rings. The molecule has 198 valence electrons. The van der Waals surface area contributed by atoms with Crippen LogP contribution in [0.3, 0.4) is 0 Å². The molecule has 0 aliphatic carbocycles. The van der Waals surface area contributed by atoms with Crippen LogP contribution in [0.15, 0.2) is 48.5 Å². The van der Waals surface area contributed by atoms with Gasteiger partial charge >= 0.3 is 0 Å². The van der Waals surface area contributed by atoms with Crippen LogP contribution in [-0.2, 0) is 20.7 Å². The molecule has 9 heteroatoms. The van der Waals surface area contributed by atoms with Gasteiger partial charge in [0.15, 0.2) is 0 Å². The van der Waals surface area contributed by atoms with E-state index in [1.54, 1.807) is 12.1 Å². The van der Waals surface area contributed by atoms with Crippen molar-refractivity contribution in [3.05, 3.63) is 69.7 Å². The average Bonchev–Trinajstić information content (AvgIpc) is 3.34. The number of amides is 1. The van der Waals surface area contributed by atoms with E-state index in [0.29, 0.717) is 42.5 Å². The smallest absolute Gasteiger partial charge is 0.227 e. The lowest BCUT2D eigenvalue weighted by Crippen LogP contribution is -2.41. The summed E-state index contributed by atoms with van der Waals surface area (Å²) in [7, 11) is 1.88. The Kier molecular flexibility index (Phi) is 12.4. The van der Waals surface area contributed by atoms with Crippen molar-refractivity contribution in [1.29, 1.82) is 0 Å². The van der Waals surface area contributed by atoms with Crippen molar-refractivity contribution in [3.63, 3.8) is 0 Å². The summed E-state index contributed by atoms with van der Waals surface area (Å²) in [5, 5.41) is 13.2. The van der Waals surface area contributed by atoms with Crippen LogP contribution in [0.4, 0.5) is 0 Å². The van der Waals surface area contributed by atoms with Crippen molar-refractivity contribution in [3.8, 4) is 0 Å². The molecule has 1 amide bonds. The number of rotatable bonds is 15. The number of ether oxygens (including phenoxy) is 2. The molecule has 2 aromatic rings. The van der Waals surface area contributed by atoms with Gasteiger partial charge in [0.25, 0.3) is 0 Å². The molecule has 1 heterocycles. The third-order valence-electron chi connectivity index (χ3n) is 6.38. The molecule has 0 radical (unpaired) electrons. The lowest BCUT2D eigenvalue weighted by atomic mass is 10.0. The number of nitrogens with one attached hydrogen (secondary N) is 1. The van der Waals surface area contributed by atoms with Gasteiger partial charge in [-0.15, -0.1) is 0 Å². The Morgan fingerprint density at radius 1 is 1.11 bits per heavy atom. The number of nitrogens with zero attached hydrogens (tertiary/aromatic N) is 2. The fraction of sp³-hybridized carbons (Fsp3) is 0.519. The van der Waals surface area contributed by atoms with E-state index in [9.17, 15) is 4.79 Å². The van der Waals surface area contributed by atoms with Crippen LogP contribution in [0, 0.1) is 0 Å². The number of aliphatic hydroxyl groups excluding tert-OH is 1. The molecule has 0 spiro atoms. The predicted octanol–water partition coefficient (Wildman–Crippen LogP) is 3.43. The van der Waals surface area contributed by atoms with Gasteiger partial charge in [-0.1, -0.05) is 59.6 Å². The predicted molar refractivity (Wildman–Crippen MR) is 144 cm³/mol. The van der Waals surface area contributed by atoms with E-state index in [-0.39, 0.29) is 25.0 Å². The molecule has 1 saturated heterocycles. The number of halogens is 2. The van der Waals surface area contributed by atoms with Crippen LogP contribution < -0.4 is 5.32 Å². The van der Waals surface area contributed by atoms with Crippen molar-refractivity contribution < 1.29 is 19.4 Å². The zero-order valence-corrected chi connectivity index (χ0v) is 22.4. The summed E-state index contributed by atoms with van der Waals surface area (Å²) < 4.78 is 10.8. The van der Waals surface area contributed by atoms with E-state index >= 15 is 0 Å². The normalized spacial score (nSPS) is 16.8. The van der Waals surface area contributed by atoms with Crippen LogP contribution >= 0.6 is 23.2 Å². The van der Waals surface area contributed by atoms with E-state index in [0.717, 1.165) is 43.7 Å². The highest BCUT2D eigenvalue weighted by atomic mass is 35.5. The Morgan fingerprint density at radius 3 is 2.58 bits per heavy atom. The van der Waals surface area contributed by atoms with Gasteiger partial charge < -0.3 is 24.8 Å². The molecular formula is C27H37Cl2N3O4. The molecule has 1 aliphatic heterocycles. The molecule has 0 unspecified atom stereocenters. The minimum Gasteiger partial charge on any atom is -0.394 e. The van der Waals surface area contributed by atoms with Crippen LogP contribution in [0.5, 0.6) is 0 Å². The number of aliphatic hydroxyl groups is 1. The van der Waals surface area contributed by atoms with Gasteiger partial charge in [-0.3, -0.25) is 9.69 Å². The number of likely N-dealkylation sites (N-methyl/N-ethyl adjacent to an activating group) is 1. The first-order chi connectivity index (χ1) is 17.5. The highest BCUT2D eigenvalue weighted by Gasteiger charge is 2.28. The van der Waals surface area contributed by atoms with Crippen LogP contribution in [-0.4, -0.2) is 93.1 Å². The summed E-state index contributed by atoms with van der Waals surface area (Å²) in [5.74, 6) is 0.0382. The van der Waals surface area contributed by atoms with E-state index < -0.39 is 0 Å². The zero-order chi connectivity index (χ0) is 25.8. The first-order valence-corrected chi connectivity index (χ1v) is 13.2. The monoisotopic (exact) mass is 537 g/mol. The standard InChI is InChI=1S/C27H37Cl2N3O4/c1-31(27(34)18-21-7-8-24(28)25(29)17-21)26(22-5-3-2-4-6-22)20-32-11-9-23(19-32)30-10-13-35-15-16-36-14-12-33/h2-8,17,23,26,30,33H,9-16,18-20H2,1H3/t23-,26+/m0/s1. The van der Waals surface area contributed by atoms with Crippen molar-refractivity contribution >= 4 is 29.1 Å². The third kappa shape index (κ3) is 9.30.